The summed E-state index contributed by atoms with van der Waals surface area (Å²) in [5.41, 5.74) is 2.11. The lowest BCUT2D eigenvalue weighted by Crippen LogP contribution is -2.62. The molecule has 2 aromatic carbocycles. The lowest BCUT2D eigenvalue weighted by molar-refractivity contribution is -0.151. The van der Waals surface area contributed by atoms with Crippen molar-refractivity contribution in [1.29, 1.82) is 0 Å². The first-order chi connectivity index (χ1) is 14.2. The van der Waals surface area contributed by atoms with Crippen LogP contribution in [0.3, 0.4) is 0 Å². The Hall–Kier alpha value is -2.29. The van der Waals surface area contributed by atoms with Crippen LogP contribution < -0.4 is 4.74 Å². The van der Waals surface area contributed by atoms with Crippen LogP contribution in [0.1, 0.15) is 62.5 Å². The Bertz CT molecular complexity index is 884. The van der Waals surface area contributed by atoms with E-state index < -0.39 is 0 Å². The van der Waals surface area contributed by atoms with E-state index in [4.69, 9.17) is 4.74 Å². The van der Waals surface area contributed by atoms with Gasteiger partial charge >= 0.3 is 0 Å². The van der Waals surface area contributed by atoms with Gasteiger partial charge in [-0.05, 0) is 75.3 Å². The molecule has 4 bridgehead atoms. The molecule has 1 aliphatic heterocycles. The summed E-state index contributed by atoms with van der Waals surface area (Å²) >= 11 is 0. The molecule has 0 spiro atoms. The fourth-order valence-corrected chi connectivity index (χ4v) is 7.45. The standard InChI is InChI=1S/C26H29NO2/c1-2-27(26-14-17-11-18(15-26)13-19(12-17)16-26)25(28)24-20-7-3-5-9-22(20)29-23-10-6-4-8-21(23)24/h3-10,17-19,24H,2,11-16H2,1H3. The van der Waals surface area contributed by atoms with Gasteiger partial charge in [-0.2, -0.15) is 0 Å². The zero-order valence-corrected chi connectivity index (χ0v) is 17.1. The molecule has 7 rings (SSSR count). The second kappa shape index (κ2) is 6.35. The summed E-state index contributed by atoms with van der Waals surface area (Å²) in [7, 11) is 0. The number of carbonyl (C=O) groups is 1. The zero-order chi connectivity index (χ0) is 19.6. The van der Waals surface area contributed by atoms with Crippen LogP contribution >= 0.6 is 0 Å². The van der Waals surface area contributed by atoms with Crippen LogP contribution in [0.5, 0.6) is 11.5 Å². The van der Waals surface area contributed by atoms with Crippen LogP contribution in [0.15, 0.2) is 48.5 Å². The molecule has 0 radical (unpaired) electrons. The van der Waals surface area contributed by atoms with Crippen LogP contribution in [-0.4, -0.2) is 22.9 Å². The fraction of sp³-hybridized carbons (Fsp3) is 0.500. The van der Waals surface area contributed by atoms with Crippen molar-refractivity contribution in [2.45, 2.75) is 56.9 Å². The molecule has 0 saturated heterocycles. The van der Waals surface area contributed by atoms with E-state index in [1.807, 2.05) is 36.4 Å². The summed E-state index contributed by atoms with van der Waals surface area (Å²) in [6.45, 7) is 2.97. The summed E-state index contributed by atoms with van der Waals surface area (Å²) in [6.07, 6.45) is 7.83. The van der Waals surface area contributed by atoms with E-state index in [-0.39, 0.29) is 17.4 Å². The Balaban J connectivity index is 1.43. The molecule has 5 aliphatic rings. The molecule has 4 fully saturated rings. The normalized spacial score (nSPS) is 31.7. The van der Waals surface area contributed by atoms with Gasteiger partial charge in [0, 0.05) is 23.2 Å². The SMILES string of the molecule is CCN(C(=O)C1c2ccccc2Oc2ccccc21)C12CC3CC(CC(C3)C1)C2. The summed E-state index contributed by atoms with van der Waals surface area (Å²) < 4.78 is 6.15. The summed E-state index contributed by atoms with van der Waals surface area (Å²) in [5.74, 6) is 4.16. The number of benzene rings is 2. The van der Waals surface area contributed by atoms with E-state index in [0.717, 1.165) is 46.9 Å². The number of fused-ring (bicyclic) bond motifs is 2. The van der Waals surface area contributed by atoms with Crippen molar-refractivity contribution < 1.29 is 9.53 Å². The van der Waals surface area contributed by atoms with E-state index in [9.17, 15) is 4.79 Å². The van der Waals surface area contributed by atoms with E-state index >= 15 is 0 Å². The van der Waals surface area contributed by atoms with Gasteiger partial charge in [-0.1, -0.05) is 36.4 Å². The lowest BCUT2D eigenvalue weighted by atomic mass is 9.52. The number of hydrogen-bond donors (Lipinski definition) is 0. The predicted octanol–water partition coefficient (Wildman–Crippen LogP) is 5.74. The average molecular weight is 388 g/mol. The predicted molar refractivity (Wildman–Crippen MR) is 113 cm³/mol. The molecule has 4 saturated carbocycles. The molecule has 3 nitrogen and oxygen atoms in total. The molecule has 0 atom stereocenters. The Morgan fingerprint density at radius 2 is 1.38 bits per heavy atom. The van der Waals surface area contributed by atoms with Crippen LogP contribution in [0.25, 0.3) is 0 Å². The molecule has 1 amide bonds. The first kappa shape index (κ1) is 17.6. The molecule has 1 heterocycles. The third-order valence-electron chi connectivity index (χ3n) is 8.09. The van der Waals surface area contributed by atoms with E-state index in [1.54, 1.807) is 0 Å². The minimum atomic E-state index is -0.260. The molecule has 2 aromatic rings. The molecule has 3 heteroatoms. The maximum absolute atomic E-state index is 14.2. The van der Waals surface area contributed by atoms with Crippen molar-refractivity contribution in [3.8, 4) is 11.5 Å². The Morgan fingerprint density at radius 1 is 0.897 bits per heavy atom. The second-order valence-corrected chi connectivity index (χ2v) is 9.84. The third kappa shape index (κ3) is 2.59. The minimum Gasteiger partial charge on any atom is -0.457 e. The van der Waals surface area contributed by atoms with Gasteiger partial charge in [-0.25, -0.2) is 0 Å². The molecule has 4 aliphatic carbocycles. The van der Waals surface area contributed by atoms with Crippen molar-refractivity contribution in [3.05, 3.63) is 59.7 Å². The van der Waals surface area contributed by atoms with Gasteiger partial charge < -0.3 is 9.64 Å². The van der Waals surface area contributed by atoms with Crippen molar-refractivity contribution in [3.63, 3.8) is 0 Å². The van der Waals surface area contributed by atoms with Gasteiger partial charge in [0.1, 0.15) is 11.5 Å². The number of rotatable bonds is 3. The van der Waals surface area contributed by atoms with Gasteiger partial charge in [0.15, 0.2) is 0 Å². The second-order valence-electron chi connectivity index (χ2n) is 9.84. The fourth-order valence-electron chi connectivity index (χ4n) is 7.45. The number of para-hydroxylation sites is 2. The summed E-state index contributed by atoms with van der Waals surface area (Å²) in [4.78, 5) is 16.5. The highest BCUT2D eigenvalue weighted by Crippen LogP contribution is 2.58. The van der Waals surface area contributed by atoms with Crippen molar-refractivity contribution in [2.75, 3.05) is 6.54 Å². The van der Waals surface area contributed by atoms with Crippen molar-refractivity contribution in [1.82, 2.24) is 4.90 Å². The molecular weight excluding hydrogens is 358 g/mol. The van der Waals surface area contributed by atoms with Crippen LogP contribution in [0.4, 0.5) is 0 Å². The maximum atomic E-state index is 14.2. The molecule has 0 aromatic heterocycles. The number of ether oxygens (including phenoxy) is 1. The van der Waals surface area contributed by atoms with Gasteiger partial charge in [0.25, 0.3) is 0 Å². The minimum absolute atomic E-state index is 0.0861. The highest BCUT2D eigenvalue weighted by atomic mass is 16.5. The number of likely N-dealkylation sites (N-methyl/N-ethyl adjacent to an activating group) is 1. The van der Waals surface area contributed by atoms with E-state index in [2.05, 4.69) is 24.0 Å². The van der Waals surface area contributed by atoms with Gasteiger partial charge in [0.05, 0.1) is 5.92 Å². The smallest absolute Gasteiger partial charge is 0.235 e. The van der Waals surface area contributed by atoms with E-state index in [1.165, 1.54) is 38.5 Å². The average Bonchev–Trinajstić information content (AvgIpc) is 2.71. The van der Waals surface area contributed by atoms with Crippen LogP contribution in [0, 0.1) is 17.8 Å². The first-order valence-electron chi connectivity index (χ1n) is 11.3. The summed E-state index contributed by atoms with van der Waals surface area (Å²) in [6, 6.07) is 16.2. The Morgan fingerprint density at radius 3 is 1.86 bits per heavy atom. The highest BCUT2D eigenvalue weighted by molar-refractivity contribution is 5.90. The summed E-state index contributed by atoms with van der Waals surface area (Å²) in [5, 5.41) is 0. The number of carbonyl (C=O) groups excluding carboxylic acids is 1. The molecule has 150 valence electrons. The number of amides is 1. The quantitative estimate of drug-likeness (QED) is 0.672. The molecule has 29 heavy (non-hydrogen) atoms. The zero-order valence-electron chi connectivity index (χ0n) is 17.1. The largest absolute Gasteiger partial charge is 0.457 e. The highest BCUT2D eigenvalue weighted by Gasteiger charge is 2.55. The molecular formula is C26H29NO2. The van der Waals surface area contributed by atoms with Crippen molar-refractivity contribution in [2.24, 2.45) is 17.8 Å². The van der Waals surface area contributed by atoms with Crippen LogP contribution in [0.2, 0.25) is 0 Å². The maximum Gasteiger partial charge on any atom is 0.235 e. The number of nitrogens with zero attached hydrogens (tertiary/aromatic N) is 1. The monoisotopic (exact) mass is 387 g/mol. The Kier molecular flexibility index (Phi) is 3.85. The van der Waals surface area contributed by atoms with Gasteiger partial charge in [-0.15, -0.1) is 0 Å². The Labute approximate surface area is 173 Å². The van der Waals surface area contributed by atoms with Crippen molar-refractivity contribution >= 4 is 5.91 Å². The van der Waals surface area contributed by atoms with Gasteiger partial charge in [0.2, 0.25) is 5.91 Å². The molecule has 0 N–H and O–H groups in total. The van der Waals surface area contributed by atoms with Crippen LogP contribution in [-0.2, 0) is 4.79 Å². The topological polar surface area (TPSA) is 29.5 Å². The molecule has 0 unspecified atom stereocenters. The first-order valence-corrected chi connectivity index (χ1v) is 11.3. The van der Waals surface area contributed by atoms with Gasteiger partial charge in [-0.3, -0.25) is 4.79 Å². The third-order valence-corrected chi connectivity index (χ3v) is 8.09. The lowest BCUT2D eigenvalue weighted by Gasteiger charge is -2.60. The van der Waals surface area contributed by atoms with E-state index in [0.29, 0.717) is 0 Å². The number of hydrogen-bond acceptors (Lipinski definition) is 2.